The molecule has 0 amide bonds. The topological polar surface area (TPSA) is 20.3 Å². The van der Waals surface area contributed by atoms with E-state index in [1.807, 2.05) is 44.8 Å². The lowest BCUT2D eigenvalue weighted by atomic mass is 9.97. The van der Waals surface area contributed by atoms with Crippen molar-refractivity contribution >= 4 is 17.5 Å². The molecule has 17 heavy (non-hydrogen) atoms. The molecule has 0 saturated carbocycles. The Morgan fingerprint density at radius 3 is 2.88 bits per heavy atom. The minimum atomic E-state index is 0.0502. The molecule has 1 aromatic carbocycles. The van der Waals surface area contributed by atoms with E-state index in [2.05, 4.69) is 11.0 Å². The van der Waals surface area contributed by atoms with Gasteiger partial charge in [-0.1, -0.05) is 17.7 Å². The number of hydrogen-bond acceptors (Lipinski definition) is 3. The molecule has 1 fully saturated rings. The van der Waals surface area contributed by atoms with E-state index in [9.17, 15) is 4.79 Å². The van der Waals surface area contributed by atoms with Gasteiger partial charge in [0.25, 0.3) is 0 Å². The van der Waals surface area contributed by atoms with E-state index in [4.69, 9.17) is 0 Å². The lowest BCUT2D eigenvalue weighted by Crippen LogP contribution is -2.44. The van der Waals surface area contributed by atoms with Gasteiger partial charge in [0.2, 0.25) is 0 Å². The standard InChI is InChI=1S/C14H19NOS/c1-10-4-5-11(2)12(8-10)14(16)13-9-17-7-6-15(13)3/h4-5,8,13H,6-7,9H2,1-3H3. The van der Waals surface area contributed by atoms with Crippen LogP contribution in [0.25, 0.3) is 0 Å². The first-order chi connectivity index (χ1) is 8.09. The zero-order chi connectivity index (χ0) is 12.4. The first-order valence-corrected chi connectivity index (χ1v) is 7.14. The molecule has 2 nitrogen and oxygen atoms in total. The van der Waals surface area contributed by atoms with Gasteiger partial charge >= 0.3 is 0 Å². The second kappa shape index (κ2) is 5.23. The summed E-state index contributed by atoms with van der Waals surface area (Å²) < 4.78 is 0. The molecule has 92 valence electrons. The van der Waals surface area contributed by atoms with E-state index in [1.165, 1.54) is 0 Å². The van der Waals surface area contributed by atoms with Gasteiger partial charge < -0.3 is 0 Å². The van der Waals surface area contributed by atoms with E-state index in [0.717, 1.165) is 34.7 Å². The molecule has 2 rings (SSSR count). The van der Waals surface area contributed by atoms with Gasteiger partial charge in [0.05, 0.1) is 6.04 Å². The molecule has 1 unspecified atom stereocenters. The third-order valence-electron chi connectivity index (χ3n) is 3.36. The van der Waals surface area contributed by atoms with Crippen molar-refractivity contribution < 1.29 is 4.79 Å². The van der Waals surface area contributed by atoms with E-state index in [1.54, 1.807) is 0 Å². The molecule has 1 atom stereocenters. The fourth-order valence-corrected chi connectivity index (χ4v) is 3.36. The summed E-state index contributed by atoms with van der Waals surface area (Å²) in [7, 11) is 2.05. The largest absolute Gasteiger partial charge is 0.295 e. The van der Waals surface area contributed by atoms with Crippen LogP contribution in [0.2, 0.25) is 0 Å². The summed E-state index contributed by atoms with van der Waals surface area (Å²) in [6, 6.07) is 6.17. The number of ketones is 1. The SMILES string of the molecule is Cc1ccc(C)c(C(=O)C2CSCCN2C)c1. The third kappa shape index (κ3) is 2.72. The molecular weight excluding hydrogens is 230 g/mol. The van der Waals surface area contributed by atoms with Crippen molar-refractivity contribution in [2.24, 2.45) is 0 Å². The molecule has 1 aliphatic rings. The van der Waals surface area contributed by atoms with Gasteiger partial charge in [-0.2, -0.15) is 11.8 Å². The van der Waals surface area contributed by atoms with Gasteiger partial charge in [0, 0.05) is 23.6 Å². The zero-order valence-electron chi connectivity index (χ0n) is 10.7. The minimum Gasteiger partial charge on any atom is -0.295 e. The summed E-state index contributed by atoms with van der Waals surface area (Å²) in [5.41, 5.74) is 3.14. The average Bonchev–Trinajstić information content (AvgIpc) is 2.32. The predicted octanol–water partition coefficient (Wildman–Crippen LogP) is 2.53. The highest BCUT2D eigenvalue weighted by Crippen LogP contribution is 2.21. The Labute approximate surface area is 107 Å². The molecule has 0 bridgehead atoms. The summed E-state index contributed by atoms with van der Waals surface area (Å²) in [6.45, 7) is 5.06. The maximum Gasteiger partial charge on any atom is 0.181 e. The first kappa shape index (κ1) is 12.7. The molecule has 3 heteroatoms. The highest BCUT2D eigenvalue weighted by molar-refractivity contribution is 7.99. The number of likely N-dealkylation sites (N-methyl/N-ethyl adjacent to an activating group) is 1. The minimum absolute atomic E-state index is 0.0502. The number of rotatable bonds is 2. The Kier molecular flexibility index (Phi) is 3.89. The van der Waals surface area contributed by atoms with Gasteiger partial charge in [-0.15, -0.1) is 0 Å². The third-order valence-corrected chi connectivity index (χ3v) is 4.38. The number of nitrogens with zero attached hydrogens (tertiary/aromatic N) is 1. The number of benzene rings is 1. The molecule has 0 aromatic heterocycles. The Morgan fingerprint density at radius 2 is 2.18 bits per heavy atom. The Morgan fingerprint density at radius 1 is 1.41 bits per heavy atom. The fourth-order valence-electron chi connectivity index (χ4n) is 2.14. The summed E-state index contributed by atoms with van der Waals surface area (Å²) in [4.78, 5) is 14.7. The molecule has 0 radical (unpaired) electrons. The van der Waals surface area contributed by atoms with Crippen molar-refractivity contribution in [3.63, 3.8) is 0 Å². The molecule has 1 saturated heterocycles. The maximum atomic E-state index is 12.5. The molecule has 1 heterocycles. The van der Waals surface area contributed by atoms with Crippen LogP contribution >= 0.6 is 11.8 Å². The van der Waals surface area contributed by atoms with E-state index in [-0.39, 0.29) is 11.8 Å². The van der Waals surface area contributed by atoms with Crippen molar-refractivity contribution in [1.29, 1.82) is 0 Å². The molecule has 1 aliphatic heterocycles. The number of Topliss-reactive ketones (excluding diaryl/α,β-unsaturated/α-hetero) is 1. The van der Waals surface area contributed by atoms with Crippen molar-refractivity contribution in [3.05, 3.63) is 34.9 Å². The van der Waals surface area contributed by atoms with Crippen LogP contribution in [0, 0.1) is 13.8 Å². The smallest absolute Gasteiger partial charge is 0.181 e. The molecule has 0 spiro atoms. The van der Waals surface area contributed by atoms with Crippen LogP contribution in [-0.2, 0) is 0 Å². The second-order valence-electron chi connectivity index (χ2n) is 4.75. The van der Waals surface area contributed by atoms with Gasteiger partial charge in [-0.05, 0) is 32.5 Å². The average molecular weight is 249 g/mol. The van der Waals surface area contributed by atoms with Crippen LogP contribution in [0.15, 0.2) is 18.2 Å². The van der Waals surface area contributed by atoms with Crippen LogP contribution in [0.3, 0.4) is 0 Å². The molecule has 1 aromatic rings. The second-order valence-corrected chi connectivity index (χ2v) is 5.90. The number of carbonyl (C=O) groups is 1. The number of hydrogen-bond donors (Lipinski definition) is 0. The van der Waals surface area contributed by atoms with Crippen molar-refractivity contribution in [3.8, 4) is 0 Å². The highest BCUT2D eigenvalue weighted by Gasteiger charge is 2.27. The lowest BCUT2D eigenvalue weighted by molar-refractivity contribution is 0.0874. The number of aryl methyl sites for hydroxylation is 2. The van der Waals surface area contributed by atoms with Crippen LogP contribution in [-0.4, -0.2) is 41.8 Å². The quantitative estimate of drug-likeness (QED) is 0.751. The monoisotopic (exact) mass is 249 g/mol. The van der Waals surface area contributed by atoms with Crippen molar-refractivity contribution in [2.75, 3.05) is 25.1 Å². The predicted molar refractivity (Wildman–Crippen MR) is 74.0 cm³/mol. The van der Waals surface area contributed by atoms with Gasteiger partial charge in [-0.3, -0.25) is 9.69 Å². The Hall–Kier alpha value is -0.800. The summed E-state index contributed by atoms with van der Waals surface area (Å²) in [6.07, 6.45) is 0. The summed E-state index contributed by atoms with van der Waals surface area (Å²) in [5, 5.41) is 0. The molecular formula is C14H19NOS. The number of carbonyl (C=O) groups excluding carboxylic acids is 1. The molecule has 0 aliphatic carbocycles. The highest BCUT2D eigenvalue weighted by atomic mass is 32.2. The van der Waals surface area contributed by atoms with Crippen LogP contribution in [0.5, 0.6) is 0 Å². The normalized spacial score (nSPS) is 21.5. The van der Waals surface area contributed by atoms with Gasteiger partial charge in [0.15, 0.2) is 5.78 Å². The van der Waals surface area contributed by atoms with Crippen LogP contribution in [0.4, 0.5) is 0 Å². The number of thioether (sulfide) groups is 1. The van der Waals surface area contributed by atoms with Crippen LogP contribution in [0.1, 0.15) is 21.5 Å². The van der Waals surface area contributed by atoms with Crippen molar-refractivity contribution in [2.45, 2.75) is 19.9 Å². The molecule has 0 N–H and O–H groups in total. The van der Waals surface area contributed by atoms with Gasteiger partial charge in [-0.25, -0.2) is 0 Å². The lowest BCUT2D eigenvalue weighted by Gasteiger charge is -2.31. The van der Waals surface area contributed by atoms with Crippen molar-refractivity contribution in [1.82, 2.24) is 4.90 Å². The first-order valence-electron chi connectivity index (χ1n) is 5.99. The Bertz CT molecular complexity index is 430. The van der Waals surface area contributed by atoms with E-state index >= 15 is 0 Å². The van der Waals surface area contributed by atoms with E-state index in [0.29, 0.717) is 0 Å². The van der Waals surface area contributed by atoms with Crippen LogP contribution < -0.4 is 0 Å². The zero-order valence-corrected chi connectivity index (χ0v) is 11.5. The summed E-state index contributed by atoms with van der Waals surface area (Å²) >= 11 is 1.88. The maximum absolute atomic E-state index is 12.5. The Balaban J connectivity index is 2.26. The van der Waals surface area contributed by atoms with E-state index < -0.39 is 0 Å². The van der Waals surface area contributed by atoms with Gasteiger partial charge in [0.1, 0.15) is 0 Å². The fraction of sp³-hybridized carbons (Fsp3) is 0.500. The summed E-state index contributed by atoms with van der Waals surface area (Å²) in [5.74, 6) is 2.33.